The number of hydrogen-bond acceptors (Lipinski definition) is 2. The van der Waals surface area contributed by atoms with Gasteiger partial charge in [-0.05, 0) is 25.3 Å². The molecule has 0 radical (unpaired) electrons. The van der Waals surface area contributed by atoms with Gasteiger partial charge in [0.25, 0.3) is 0 Å². The van der Waals surface area contributed by atoms with Crippen molar-refractivity contribution in [2.75, 3.05) is 0 Å². The Bertz CT molecular complexity index is 547. The first kappa shape index (κ1) is 11.4. The van der Waals surface area contributed by atoms with E-state index in [-0.39, 0.29) is 0 Å². The number of nitriles is 1. The number of hydrogen-bond donors (Lipinski definition) is 0. The summed E-state index contributed by atoms with van der Waals surface area (Å²) in [4.78, 5) is 4.24. The number of aryl methyl sites for hydroxylation is 2. The Morgan fingerprint density at radius 3 is 2.59 bits per heavy atom. The van der Waals surface area contributed by atoms with E-state index in [1.165, 1.54) is 5.56 Å². The van der Waals surface area contributed by atoms with Gasteiger partial charge in [0, 0.05) is 7.05 Å². The van der Waals surface area contributed by atoms with Crippen molar-refractivity contribution in [2.24, 2.45) is 7.05 Å². The van der Waals surface area contributed by atoms with Crippen molar-refractivity contribution in [1.82, 2.24) is 9.55 Å². The van der Waals surface area contributed by atoms with Crippen molar-refractivity contribution >= 4 is 0 Å². The van der Waals surface area contributed by atoms with Crippen LogP contribution in [0.15, 0.2) is 30.3 Å². The van der Waals surface area contributed by atoms with Crippen LogP contribution in [-0.2, 0) is 19.9 Å². The van der Waals surface area contributed by atoms with E-state index in [2.05, 4.69) is 23.2 Å². The fourth-order valence-corrected chi connectivity index (χ4v) is 1.94. The Balaban J connectivity index is 2.17. The molecule has 0 atom stereocenters. The molecule has 1 aromatic heterocycles. The van der Waals surface area contributed by atoms with Crippen LogP contribution < -0.4 is 0 Å². The lowest BCUT2D eigenvalue weighted by Crippen LogP contribution is -2.01. The monoisotopic (exact) mass is 225 g/mol. The van der Waals surface area contributed by atoms with Gasteiger partial charge in [-0.2, -0.15) is 5.26 Å². The van der Waals surface area contributed by atoms with Gasteiger partial charge in [-0.15, -0.1) is 0 Å². The minimum absolute atomic E-state index is 0.556. The molecule has 0 saturated carbocycles. The normalized spacial score (nSPS) is 10.2. The van der Waals surface area contributed by atoms with Crippen LogP contribution in [0.1, 0.15) is 22.8 Å². The van der Waals surface area contributed by atoms with E-state index in [0.29, 0.717) is 5.69 Å². The molecule has 0 aliphatic rings. The van der Waals surface area contributed by atoms with Crippen LogP contribution in [0.2, 0.25) is 0 Å². The summed E-state index contributed by atoms with van der Waals surface area (Å²) in [6.45, 7) is 1.92. The Hall–Kier alpha value is -2.08. The van der Waals surface area contributed by atoms with Crippen molar-refractivity contribution < 1.29 is 0 Å². The highest BCUT2D eigenvalue weighted by Gasteiger charge is 2.11. The Morgan fingerprint density at radius 1 is 1.24 bits per heavy atom. The van der Waals surface area contributed by atoms with E-state index in [1.54, 1.807) is 0 Å². The minimum Gasteiger partial charge on any atom is -0.334 e. The van der Waals surface area contributed by atoms with Crippen molar-refractivity contribution in [3.63, 3.8) is 0 Å². The number of rotatable bonds is 3. The molecule has 0 unspecified atom stereocenters. The highest BCUT2D eigenvalue weighted by molar-refractivity contribution is 5.30. The van der Waals surface area contributed by atoms with Crippen LogP contribution >= 0.6 is 0 Å². The predicted octanol–water partition coefficient (Wildman–Crippen LogP) is 2.39. The van der Waals surface area contributed by atoms with Gasteiger partial charge in [0.05, 0.1) is 5.69 Å². The third kappa shape index (κ3) is 2.36. The molecule has 3 nitrogen and oxygen atoms in total. The zero-order chi connectivity index (χ0) is 12.3. The van der Waals surface area contributed by atoms with E-state index in [4.69, 9.17) is 5.26 Å². The molecule has 1 heterocycles. The van der Waals surface area contributed by atoms with Gasteiger partial charge in [-0.3, -0.25) is 0 Å². The van der Waals surface area contributed by atoms with Crippen molar-refractivity contribution in [3.05, 3.63) is 53.1 Å². The highest BCUT2D eigenvalue weighted by Crippen LogP contribution is 2.12. The van der Waals surface area contributed by atoms with Gasteiger partial charge in [-0.25, -0.2) is 4.98 Å². The highest BCUT2D eigenvalue weighted by atomic mass is 15.1. The lowest BCUT2D eigenvalue weighted by atomic mass is 10.1. The molecule has 2 rings (SSSR count). The molecule has 0 aliphatic heterocycles. The first-order chi connectivity index (χ1) is 8.22. The fraction of sp³-hybridized carbons (Fsp3) is 0.286. The molecule has 2 aromatic rings. The van der Waals surface area contributed by atoms with Gasteiger partial charge in [0.15, 0.2) is 5.69 Å². The minimum atomic E-state index is 0.556. The van der Waals surface area contributed by atoms with Crippen LogP contribution in [-0.4, -0.2) is 9.55 Å². The van der Waals surface area contributed by atoms with E-state index < -0.39 is 0 Å². The van der Waals surface area contributed by atoms with Crippen LogP contribution in [0.3, 0.4) is 0 Å². The van der Waals surface area contributed by atoms with Crippen molar-refractivity contribution in [2.45, 2.75) is 19.8 Å². The average molecular weight is 225 g/mol. The van der Waals surface area contributed by atoms with E-state index in [1.807, 2.05) is 36.7 Å². The molecule has 0 N–H and O–H groups in total. The maximum Gasteiger partial charge on any atom is 0.161 e. The number of imidazole rings is 1. The van der Waals surface area contributed by atoms with E-state index in [0.717, 1.165) is 24.4 Å². The number of aromatic nitrogens is 2. The second-order valence-corrected chi connectivity index (χ2v) is 4.11. The maximum atomic E-state index is 9.03. The molecular formula is C14H15N3. The van der Waals surface area contributed by atoms with Gasteiger partial charge < -0.3 is 4.57 Å². The zero-order valence-electron chi connectivity index (χ0n) is 10.1. The van der Waals surface area contributed by atoms with Gasteiger partial charge in [0.1, 0.15) is 11.9 Å². The summed E-state index contributed by atoms with van der Waals surface area (Å²) in [5.74, 6) is 0.893. The summed E-state index contributed by atoms with van der Waals surface area (Å²) in [5, 5.41) is 9.03. The van der Waals surface area contributed by atoms with Gasteiger partial charge in [0.2, 0.25) is 0 Å². The molecule has 1 aromatic carbocycles. The molecule has 0 saturated heterocycles. The first-order valence-electron chi connectivity index (χ1n) is 5.68. The summed E-state index contributed by atoms with van der Waals surface area (Å²) in [6, 6.07) is 12.5. The first-order valence-corrected chi connectivity index (χ1v) is 5.68. The van der Waals surface area contributed by atoms with Gasteiger partial charge >= 0.3 is 0 Å². The average Bonchev–Trinajstić information content (AvgIpc) is 2.64. The Kier molecular flexibility index (Phi) is 3.24. The molecule has 0 fully saturated rings. The third-order valence-corrected chi connectivity index (χ3v) is 3.04. The molecule has 0 aliphatic carbocycles. The van der Waals surface area contributed by atoms with E-state index in [9.17, 15) is 0 Å². The molecular weight excluding hydrogens is 210 g/mol. The third-order valence-electron chi connectivity index (χ3n) is 3.04. The molecule has 3 heteroatoms. The van der Waals surface area contributed by atoms with Crippen LogP contribution in [0.5, 0.6) is 0 Å². The summed E-state index contributed by atoms with van der Waals surface area (Å²) >= 11 is 0. The second-order valence-electron chi connectivity index (χ2n) is 4.11. The summed E-state index contributed by atoms with van der Waals surface area (Å²) in [6.07, 6.45) is 1.79. The summed E-state index contributed by atoms with van der Waals surface area (Å²) < 4.78 is 2.00. The van der Waals surface area contributed by atoms with Gasteiger partial charge in [-0.1, -0.05) is 30.3 Å². The summed E-state index contributed by atoms with van der Waals surface area (Å²) in [7, 11) is 1.96. The smallest absolute Gasteiger partial charge is 0.161 e. The van der Waals surface area contributed by atoms with Crippen LogP contribution in [0.4, 0.5) is 0 Å². The lowest BCUT2D eigenvalue weighted by molar-refractivity contribution is 0.771. The molecule has 0 amide bonds. The Morgan fingerprint density at radius 2 is 1.94 bits per heavy atom. The standard InChI is InChI=1S/C14H15N3/c1-11-16-13(10-15)14(17(11)2)9-8-12-6-4-3-5-7-12/h3-7H,8-9H2,1-2H3. The molecule has 86 valence electrons. The second kappa shape index (κ2) is 4.84. The predicted molar refractivity (Wildman–Crippen MR) is 66.5 cm³/mol. The number of benzene rings is 1. The number of nitrogens with zero attached hydrogens (tertiary/aromatic N) is 3. The summed E-state index contributed by atoms with van der Waals surface area (Å²) in [5.41, 5.74) is 2.87. The quantitative estimate of drug-likeness (QED) is 0.804. The lowest BCUT2D eigenvalue weighted by Gasteiger charge is -2.04. The Labute approximate surface area is 101 Å². The SMILES string of the molecule is Cc1nc(C#N)c(CCc2ccccc2)n1C. The molecule has 0 spiro atoms. The maximum absolute atomic E-state index is 9.03. The molecule has 17 heavy (non-hydrogen) atoms. The largest absolute Gasteiger partial charge is 0.334 e. The van der Waals surface area contributed by atoms with Crippen LogP contribution in [0, 0.1) is 18.3 Å². The van der Waals surface area contributed by atoms with E-state index >= 15 is 0 Å². The van der Waals surface area contributed by atoms with Crippen molar-refractivity contribution in [3.8, 4) is 6.07 Å². The van der Waals surface area contributed by atoms with Crippen LogP contribution in [0.25, 0.3) is 0 Å². The fourth-order valence-electron chi connectivity index (χ4n) is 1.94. The molecule has 0 bridgehead atoms. The topological polar surface area (TPSA) is 41.6 Å². The van der Waals surface area contributed by atoms with Crippen molar-refractivity contribution in [1.29, 1.82) is 5.26 Å². The zero-order valence-corrected chi connectivity index (χ0v) is 10.1.